The van der Waals surface area contributed by atoms with E-state index in [2.05, 4.69) is 20.2 Å². The van der Waals surface area contributed by atoms with Gasteiger partial charge < -0.3 is 4.90 Å². The van der Waals surface area contributed by atoms with Crippen LogP contribution < -0.4 is 0 Å². The SMILES string of the molecule is Cc1nnc(-c2ccc3cnc(CC(=O)N4CCC(CCCF)CC4)nc3c2)s1. The van der Waals surface area contributed by atoms with Crippen LogP contribution in [-0.4, -0.2) is 50.7 Å². The summed E-state index contributed by atoms with van der Waals surface area (Å²) in [5.41, 5.74) is 1.77. The first-order valence-electron chi connectivity index (χ1n) is 10.0. The normalized spacial score (nSPS) is 15.2. The number of hydrogen-bond acceptors (Lipinski definition) is 6. The van der Waals surface area contributed by atoms with E-state index in [1.54, 1.807) is 17.5 Å². The fourth-order valence-corrected chi connectivity index (χ4v) is 4.46. The molecule has 152 valence electrons. The number of fused-ring (bicyclic) bond motifs is 1. The Morgan fingerprint density at radius 1 is 1.28 bits per heavy atom. The molecule has 3 aromatic rings. The molecule has 0 radical (unpaired) electrons. The van der Waals surface area contributed by atoms with Crippen molar-refractivity contribution < 1.29 is 9.18 Å². The van der Waals surface area contributed by atoms with Crippen molar-refractivity contribution in [2.45, 2.75) is 39.0 Å². The molecule has 1 aliphatic heterocycles. The molecule has 0 aliphatic carbocycles. The number of benzene rings is 1. The Labute approximate surface area is 173 Å². The largest absolute Gasteiger partial charge is 0.342 e. The Morgan fingerprint density at radius 3 is 2.83 bits per heavy atom. The molecule has 29 heavy (non-hydrogen) atoms. The third kappa shape index (κ3) is 4.75. The van der Waals surface area contributed by atoms with Crippen LogP contribution in [0.4, 0.5) is 4.39 Å². The highest BCUT2D eigenvalue weighted by Gasteiger charge is 2.23. The van der Waals surface area contributed by atoms with Gasteiger partial charge in [-0.15, -0.1) is 10.2 Å². The molecule has 1 saturated heterocycles. The molecular weight excluding hydrogens is 389 g/mol. The number of alkyl halides is 1. The van der Waals surface area contributed by atoms with Crippen LogP contribution in [0.1, 0.15) is 36.5 Å². The summed E-state index contributed by atoms with van der Waals surface area (Å²) < 4.78 is 12.3. The molecule has 0 bridgehead atoms. The van der Waals surface area contributed by atoms with Crippen molar-refractivity contribution in [3.8, 4) is 10.6 Å². The van der Waals surface area contributed by atoms with Crippen LogP contribution in [0.25, 0.3) is 21.5 Å². The molecule has 0 N–H and O–H groups in total. The molecule has 1 amide bonds. The molecule has 1 aromatic carbocycles. The molecule has 1 fully saturated rings. The average molecular weight is 414 g/mol. The van der Waals surface area contributed by atoms with Gasteiger partial charge in [-0.05, 0) is 44.6 Å². The predicted octanol–water partition coefficient (Wildman–Crippen LogP) is 3.99. The minimum absolute atomic E-state index is 0.0594. The highest BCUT2D eigenvalue weighted by Crippen LogP contribution is 2.26. The lowest BCUT2D eigenvalue weighted by Gasteiger charge is -2.31. The van der Waals surface area contributed by atoms with Crippen LogP contribution in [0.3, 0.4) is 0 Å². The Kier molecular flexibility index (Phi) is 6.08. The van der Waals surface area contributed by atoms with E-state index in [4.69, 9.17) is 0 Å². The number of aromatic nitrogens is 4. The molecule has 1 aliphatic rings. The number of halogens is 1. The van der Waals surface area contributed by atoms with Gasteiger partial charge in [-0.1, -0.05) is 23.5 Å². The van der Waals surface area contributed by atoms with E-state index in [1.165, 1.54) is 0 Å². The fourth-order valence-electron chi connectivity index (χ4n) is 3.78. The number of hydrogen-bond donors (Lipinski definition) is 0. The second-order valence-electron chi connectivity index (χ2n) is 7.52. The molecule has 6 nitrogen and oxygen atoms in total. The van der Waals surface area contributed by atoms with Crippen LogP contribution in [0, 0.1) is 12.8 Å². The van der Waals surface area contributed by atoms with Gasteiger partial charge in [0.25, 0.3) is 0 Å². The zero-order valence-corrected chi connectivity index (χ0v) is 17.3. The summed E-state index contributed by atoms with van der Waals surface area (Å²) in [7, 11) is 0. The molecule has 0 atom stereocenters. The zero-order chi connectivity index (χ0) is 20.2. The molecule has 8 heteroatoms. The van der Waals surface area contributed by atoms with Gasteiger partial charge in [-0.3, -0.25) is 9.18 Å². The minimum Gasteiger partial charge on any atom is -0.342 e. The van der Waals surface area contributed by atoms with Gasteiger partial charge in [0.05, 0.1) is 18.6 Å². The highest BCUT2D eigenvalue weighted by molar-refractivity contribution is 7.14. The molecule has 0 spiro atoms. The lowest BCUT2D eigenvalue weighted by atomic mass is 9.92. The summed E-state index contributed by atoms with van der Waals surface area (Å²) in [6.07, 6.45) is 5.42. The van der Waals surface area contributed by atoms with Gasteiger partial charge in [0, 0.05) is 30.2 Å². The van der Waals surface area contributed by atoms with E-state index in [9.17, 15) is 9.18 Å². The predicted molar refractivity (Wildman–Crippen MR) is 111 cm³/mol. The van der Waals surface area contributed by atoms with Crippen molar-refractivity contribution in [3.63, 3.8) is 0 Å². The number of likely N-dealkylation sites (tertiary alicyclic amines) is 1. The van der Waals surface area contributed by atoms with E-state index in [0.29, 0.717) is 18.2 Å². The van der Waals surface area contributed by atoms with Gasteiger partial charge in [0.2, 0.25) is 5.91 Å². The second kappa shape index (κ2) is 8.90. The van der Waals surface area contributed by atoms with Crippen LogP contribution in [0.5, 0.6) is 0 Å². The minimum atomic E-state index is -0.251. The van der Waals surface area contributed by atoms with E-state index in [0.717, 1.165) is 58.8 Å². The molecule has 2 aromatic heterocycles. The Bertz CT molecular complexity index is 1000. The highest BCUT2D eigenvalue weighted by atomic mass is 32.1. The van der Waals surface area contributed by atoms with Crippen LogP contribution in [0.2, 0.25) is 0 Å². The van der Waals surface area contributed by atoms with Gasteiger partial charge >= 0.3 is 0 Å². The molecule has 0 unspecified atom stereocenters. The van der Waals surface area contributed by atoms with Crippen molar-refractivity contribution in [1.29, 1.82) is 0 Å². The quantitative estimate of drug-likeness (QED) is 0.611. The van der Waals surface area contributed by atoms with E-state index in [-0.39, 0.29) is 19.0 Å². The first-order valence-corrected chi connectivity index (χ1v) is 10.8. The summed E-state index contributed by atoms with van der Waals surface area (Å²) in [6, 6.07) is 5.93. The first-order chi connectivity index (χ1) is 14.1. The van der Waals surface area contributed by atoms with Gasteiger partial charge in [0.15, 0.2) is 0 Å². The number of piperidine rings is 1. The third-order valence-corrected chi connectivity index (χ3v) is 6.32. The summed E-state index contributed by atoms with van der Waals surface area (Å²) in [5.74, 6) is 1.13. The summed E-state index contributed by atoms with van der Waals surface area (Å²) in [6.45, 7) is 3.16. The van der Waals surface area contributed by atoms with Crippen molar-refractivity contribution >= 4 is 28.1 Å². The number of nitrogens with zero attached hydrogens (tertiary/aromatic N) is 5. The summed E-state index contributed by atoms with van der Waals surface area (Å²) in [4.78, 5) is 23.6. The van der Waals surface area contributed by atoms with E-state index in [1.807, 2.05) is 30.0 Å². The van der Waals surface area contributed by atoms with Gasteiger partial charge in [-0.25, -0.2) is 9.97 Å². The zero-order valence-electron chi connectivity index (χ0n) is 16.5. The van der Waals surface area contributed by atoms with Gasteiger partial charge in [-0.2, -0.15) is 0 Å². The smallest absolute Gasteiger partial charge is 0.230 e. The fraction of sp³-hybridized carbons (Fsp3) is 0.476. The molecular formula is C21H24FN5OS. The lowest BCUT2D eigenvalue weighted by molar-refractivity contribution is -0.132. The van der Waals surface area contributed by atoms with Crippen LogP contribution in [-0.2, 0) is 11.2 Å². The first kappa shape index (κ1) is 19.8. The Balaban J connectivity index is 1.43. The number of amides is 1. The number of aryl methyl sites for hydroxylation is 1. The lowest BCUT2D eigenvalue weighted by Crippen LogP contribution is -2.39. The monoisotopic (exact) mass is 413 g/mol. The topological polar surface area (TPSA) is 71.9 Å². The summed E-state index contributed by atoms with van der Waals surface area (Å²) >= 11 is 1.54. The number of carbonyl (C=O) groups is 1. The van der Waals surface area contributed by atoms with Crippen LogP contribution in [0.15, 0.2) is 24.4 Å². The van der Waals surface area contributed by atoms with Crippen molar-refractivity contribution in [3.05, 3.63) is 35.2 Å². The Morgan fingerprint density at radius 2 is 2.10 bits per heavy atom. The third-order valence-electron chi connectivity index (χ3n) is 5.43. The van der Waals surface area contributed by atoms with Crippen LogP contribution >= 0.6 is 11.3 Å². The number of rotatable bonds is 6. The van der Waals surface area contributed by atoms with Crippen molar-refractivity contribution in [2.75, 3.05) is 19.8 Å². The van der Waals surface area contributed by atoms with Crippen molar-refractivity contribution in [2.24, 2.45) is 5.92 Å². The maximum atomic E-state index is 12.7. The molecule has 0 saturated carbocycles. The second-order valence-corrected chi connectivity index (χ2v) is 8.70. The standard InChI is InChI=1S/C21H24FN5OS/c1-14-25-26-21(29-14)16-4-5-17-13-23-19(24-18(17)11-16)12-20(28)27-9-6-15(7-10-27)3-2-8-22/h4-5,11,13,15H,2-3,6-10,12H2,1H3. The average Bonchev–Trinajstić information content (AvgIpc) is 3.18. The van der Waals surface area contributed by atoms with Gasteiger partial charge in [0.1, 0.15) is 15.8 Å². The van der Waals surface area contributed by atoms with E-state index < -0.39 is 0 Å². The maximum absolute atomic E-state index is 12.7. The number of carbonyl (C=O) groups excluding carboxylic acids is 1. The van der Waals surface area contributed by atoms with Crippen molar-refractivity contribution in [1.82, 2.24) is 25.1 Å². The van der Waals surface area contributed by atoms with E-state index >= 15 is 0 Å². The molecule has 3 heterocycles. The maximum Gasteiger partial charge on any atom is 0.230 e. The summed E-state index contributed by atoms with van der Waals surface area (Å²) in [5, 5.41) is 11.0. The Hall–Kier alpha value is -2.48. The molecule has 4 rings (SSSR count).